The molecule has 0 radical (unpaired) electrons. The summed E-state index contributed by atoms with van der Waals surface area (Å²) in [6.07, 6.45) is 1.60. The number of hydrogen-bond donors (Lipinski definition) is 2. The first kappa shape index (κ1) is 19.8. The topological polar surface area (TPSA) is 83.0 Å². The monoisotopic (exact) mass is 392 g/mol. The second-order valence-electron chi connectivity index (χ2n) is 5.42. The van der Waals surface area contributed by atoms with Crippen molar-refractivity contribution in [3.8, 4) is 5.75 Å². The van der Waals surface area contributed by atoms with Crippen molar-refractivity contribution < 1.29 is 13.2 Å². The minimum Gasteiger partial charge on any atom is -0.497 e. The number of methoxy groups -OCH3 is 1. The van der Waals surface area contributed by atoms with Gasteiger partial charge in [-0.15, -0.1) is 0 Å². The van der Waals surface area contributed by atoms with Crippen LogP contribution in [0.5, 0.6) is 5.75 Å². The SMILES string of the molecule is COc1cccc(C=NNC(=S)Nc2cccc(S(=O)(=O)N(C)C)c2)c1. The number of rotatable bonds is 6. The fourth-order valence-electron chi connectivity index (χ4n) is 1.99. The molecule has 7 nitrogen and oxygen atoms in total. The van der Waals surface area contributed by atoms with E-state index in [0.29, 0.717) is 5.69 Å². The Morgan fingerprint density at radius 1 is 1.19 bits per heavy atom. The summed E-state index contributed by atoms with van der Waals surface area (Å²) in [6.45, 7) is 0. The van der Waals surface area contributed by atoms with E-state index >= 15 is 0 Å². The highest BCUT2D eigenvalue weighted by atomic mass is 32.2. The smallest absolute Gasteiger partial charge is 0.242 e. The lowest BCUT2D eigenvalue weighted by atomic mass is 10.2. The number of ether oxygens (including phenoxy) is 1. The Morgan fingerprint density at radius 2 is 1.92 bits per heavy atom. The van der Waals surface area contributed by atoms with E-state index in [9.17, 15) is 8.42 Å². The van der Waals surface area contributed by atoms with Gasteiger partial charge in [0.2, 0.25) is 10.0 Å². The molecule has 0 fully saturated rings. The third-order valence-corrected chi connectivity index (χ3v) is 5.35. The summed E-state index contributed by atoms with van der Waals surface area (Å²) in [5.74, 6) is 0.730. The van der Waals surface area contributed by atoms with Crippen LogP contribution < -0.4 is 15.5 Å². The molecule has 2 rings (SSSR count). The van der Waals surface area contributed by atoms with Crippen molar-refractivity contribution in [2.75, 3.05) is 26.5 Å². The molecule has 2 aromatic rings. The molecule has 0 spiro atoms. The van der Waals surface area contributed by atoms with Crippen LogP contribution in [0.25, 0.3) is 0 Å². The summed E-state index contributed by atoms with van der Waals surface area (Å²) < 4.78 is 30.6. The fourth-order valence-corrected chi connectivity index (χ4v) is 3.11. The van der Waals surface area contributed by atoms with Crippen LogP contribution in [0.4, 0.5) is 5.69 Å². The second kappa shape index (κ2) is 8.75. The van der Waals surface area contributed by atoms with E-state index in [1.54, 1.807) is 25.5 Å². The Bertz CT molecular complexity index is 912. The van der Waals surface area contributed by atoms with Gasteiger partial charge in [0.1, 0.15) is 5.75 Å². The second-order valence-corrected chi connectivity index (χ2v) is 7.98. The first-order chi connectivity index (χ1) is 12.3. The van der Waals surface area contributed by atoms with Crippen molar-refractivity contribution in [1.29, 1.82) is 0 Å². The molecule has 0 amide bonds. The number of nitrogens with zero attached hydrogens (tertiary/aromatic N) is 2. The lowest BCUT2D eigenvalue weighted by molar-refractivity contribution is 0.415. The minimum absolute atomic E-state index is 0.176. The molecule has 0 aromatic heterocycles. The number of sulfonamides is 1. The van der Waals surface area contributed by atoms with Crippen LogP contribution in [0.1, 0.15) is 5.56 Å². The fraction of sp³-hybridized carbons (Fsp3) is 0.176. The van der Waals surface area contributed by atoms with Gasteiger partial charge in [-0.05, 0) is 48.1 Å². The zero-order valence-electron chi connectivity index (χ0n) is 14.6. The maximum absolute atomic E-state index is 12.2. The summed E-state index contributed by atoms with van der Waals surface area (Å²) in [7, 11) is 1.05. The van der Waals surface area contributed by atoms with Gasteiger partial charge in [0, 0.05) is 19.8 Å². The summed E-state index contributed by atoms with van der Waals surface area (Å²) in [5, 5.41) is 7.19. The summed E-state index contributed by atoms with van der Waals surface area (Å²) >= 11 is 5.17. The molecule has 0 bridgehead atoms. The Labute approximate surface area is 158 Å². The highest BCUT2D eigenvalue weighted by molar-refractivity contribution is 7.89. The van der Waals surface area contributed by atoms with Crippen LogP contribution in [-0.2, 0) is 10.0 Å². The number of thiocarbonyl (C=S) groups is 1. The normalized spacial score (nSPS) is 11.5. The van der Waals surface area contributed by atoms with E-state index in [4.69, 9.17) is 17.0 Å². The van der Waals surface area contributed by atoms with Crippen molar-refractivity contribution >= 4 is 39.3 Å². The third kappa shape index (κ3) is 5.25. The molecule has 26 heavy (non-hydrogen) atoms. The number of hydrazone groups is 1. The van der Waals surface area contributed by atoms with Gasteiger partial charge >= 0.3 is 0 Å². The van der Waals surface area contributed by atoms with Crippen molar-refractivity contribution in [3.05, 3.63) is 54.1 Å². The van der Waals surface area contributed by atoms with Gasteiger partial charge in [0.05, 0.1) is 18.2 Å². The Hall–Kier alpha value is -2.49. The molecule has 0 aliphatic rings. The molecule has 0 saturated heterocycles. The first-order valence-electron chi connectivity index (χ1n) is 7.59. The number of hydrogen-bond acceptors (Lipinski definition) is 5. The van der Waals surface area contributed by atoms with Crippen LogP contribution >= 0.6 is 12.2 Å². The maximum Gasteiger partial charge on any atom is 0.242 e. The van der Waals surface area contributed by atoms with Crippen LogP contribution in [-0.4, -0.2) is 45.3 Å². The van der Waals surface area contributed by atoms with E-state index in [0.717, 1.165) is 15.6 Å². The predicted octanol–water partition coefficient (Wildman–Crippen LogP) is 2.27. The van der Waals surface area contributed by atoms with Gasteiger partial charge in [-0.2, -0.15) is 5.10 Å². The van der Waals surface area contributed by atoms with Gasteiger partial charge in [0.25, 0.3) is 0 Å². The zero-order valence-corrected chi connectivity index (χ0v) is 16.3. The lowest BCUT2D eigenvalue weighted by Gasteiger charge is -2.13. The number of benzene rings is 2. The summed E-state index contributed by atoms with van der Waals surface area (Å²) in [6, 6.07) is 13.8. The highest BCUT2D eigenvalue weighted by Gasteiger charge is 2.17. The maximum atomic E-state index is 12.2. The molecule has 0 unspecified atom stereocenters. The van der Waals surface area contributed by atoms with E-state index in [1.165, 1.54) is 26.2 Å². The average molecular weight is 393 g/mol. The van der Waals surface area contributed by atoms with Crippen LogP contribution in [0, 0.1) is 0 Å². The molecule has 9 heteroatoms. The molecule has 2 N–H and O–H groups in total. The van der Waals surface area contributed by atoms with Crippen LogP contribution in [0.15, 0.2) is 58.5 Å². The molecule has 2 aromatic carbocycles. The highest BCUT2D eigenvalue weighted by Crippen LogP contribution is 2.17. The Kier molecular flexibility index (Phi) is 6.67. The standard InChI is InChI=1S/C17H20N4O3S2/c1-21(2)26(22,23)16-9-5-7-14(11-16)19-17(25)20-18-12-13-6-4-8-15(10-13)24-3/h4-12H,1-3H3,(H2,19,20,25). The Morgan fingerprint density at radius 3 is 2.62 bits per heavy atom. The van der Waals surface area contributed by atoms with Crippen molar-refractivity contribution in [3.63, 3.8) is 0 Å². The molecule has 138 valence electrons. The van der Waals surface area contributed by atoms with Crippen molar-refractivity contribution in [2.24, 2.45) is 5.10 Å². The minimum atomic E-state index is -3.51. The third-order valence-electron chi connectivity index (χ3n) is 3.34. The molecule has 0 saturated carbocycles. The molecule has 0 aliphatic carbocycles. The summed E-state index contributed by atoms with van der Waals surface area (Å²) in [5.41, 5.74) is 4.08. The van der Waals surface area contributed by atoms with E-state index in [1.807, 2.05) is 24.3 Å². The van der Waals surface area contributed by atoms with E-state index in [2.05, 4.69) is 15.8 Å². The molecule has 0 aliphatic heterocycles. The molecule has 0 atom stereocenters. The average Bonchev–Trinajstić information content (AvgIpc) is 2.62. The van der Waals surface area contributed by atoms with Gasteiger partial charge in [-0.3, -0.25) is 5.43 Å². The Balaban J connectivity index is 2.01. The predicted molar refractivity (Wildman–Crippen MR) is 107 cm³/mol. The van der Waals surface area contributed by atoms with Crippen molar-refractivity contribution in [2.45, 2.75) is 4.90 Å². The van der Waals surface area contributed by atoms with Gasteiger partial charge < -0.3 is 10.1 Å². The zero-order chi connectivity index (χ0) is 19.2. The number of anilines is 1. The van der Waals surface area contributed by atoms with Crippen LogP contribution in [0.3, 0.4) is 0 Å². The molecular formula is C17H20N4O3S2. The van der Waals surface area contributed by atoms with E-state index in [-0.39, 0.29) is 10.0 Å². The summed E-state index contributed by atoms with van der Waals surface area (Å²) in [4.78, 5) is 0.176. The van der Waals surface area contributed by atoms with Gasteiger partial charge in [-0.1, -0.05) is 18.2 Å². The number of nitrogens with one attached hydrogen (secondary N) is 2. The molecular weight excluding hydrogens is 372 g/mol. The van der Waals surface area contributed by atoms with Crippen molar-refractivity contribution in [1.82, 2.24) is 9.73 Å². The first-order valence-corrected chi connectivity index (χ1v) is 9.44. The van der Waals surface area contributed by atoms with E-state index < -0.39 is 10.0 Å². The quantitative estimate of drug-likeness (QED) is 0.446. The van der Waals surface area contributed by atoms with Crippen LogP contribution in [0.2, 0.25) is 0 Å². The largest absolute Gasteiger partial charge is 0.497 e. The molecule has 0 heterocycles. The van der Waals surface area contributed by atoms with Gasteiger partial charge in [0.15, 0.2) is 5.11 Å². The lowest BCUT2D eigenvalue weighted by Crippen LogP contribution is -2.25. The van der Waals surface area contributed by atoms with Gasteiger partial charge in [-0.25, -0.2) is 12.7 Å².